The molecule has 2 aromatic rings. The van der Waals surface area contributed by atoms with Gasteiger partial charge in [-0.1, -0.05) is 20.8 Å². The van der Waals surface area contributed by atoms with Gasteiger partial charge in [-0.25, -0.2) is 4.68 Å². The molecule has 0 bridgehead atoms. The van der Waals surface area contributed by atoms with E-state index in [1.807, 2.05) is 10.7 Å². The Bertz CT molecular complexity index is 423. The van der Waals surface area contributed by atoms with Gasteiger partial charge in [-0.2, -0.15) is 10.1 Å². The number of nitrogens with zero attached hydrogens (tertiary/aromatic N) is 3. The molecule has 0 saturated carbocycles. The minimum atomic E-state index is 0.238. The monoisotopic (exact) mass is 205 g/mol. The zero-order chi connectivity index (χ0) is 10.9. The SMILES string of the molecule is CC(C)(C)Cc1ccnn1-c1cocn1. The summed E-state index contributed by atoms with van der Waals surface area (Å²) in [6.45, 7) is 6.60. The van der Waals surface area contributed by atoms with Crippen LogP contribution in [0.25, 0.3) is 5.82 Å². The molecule has 2 aromatic heterocycles. The van der Waals surface area contributed by atoms with Gasteiger partial charge in [0.1, 0.15) is 6.26 Å². The summed E-state index contributed by atoms with van der Waals surface area (Å²) in [5, 5.41) is 4.24. The first-order valence-corrected chi connectivity index (χ1v) is 4.98. The zero-order valence-electron chi connectivity index (χ0n) is 9.27. The van der Waals surface area contributed by atoms with E-state index in [2.05, 4.69) is 30.9 Å². The molecule has 0 aliphatic carbocycles. The second-order valence-electron chi connectivity index (χ2n) is 4.82. The zero-order valence-corrected chi connectivity index (χ0v) is 9.27. The molecule has 0 radical (unpaired) electrons. The van der Waals surface area contributed by atoms with E-state index in [0.717, 1.165) is 17.9 Å². The Morgan fingerprint density at radius 1 is 1.40 bits per heavy atom. The number of hydrogen-bond acceptors (Lipinski definition) is 3. The maximum atomic E-state index is 4.95. The second kappa shape index (κ2) is 3.53. The molecule has 0 amide bonds. The Balaban J connectivity index is 2.31. The molecule has 0 fully saturated rings. The van der Waals surface area contributed by atoms with E-state index < -0.39 is 0 Å². The van der Waals surface area contributed by atoms with Gasteiger partial charge in [-0.3, -0.25) is 0 Å². The molecule has 0 saturated heterocycles. The van der Waals surface area contributed by atoms with Crippen molar-refractivity contribution in [3.63, 3.8) is 0 Å². The van der Waals surface area contributed by atoms with Crippen LogP contribution in [0.15, 0.2) is 29.3 Å². The van der Waals surface area contributed by atoms with Gasteiger partial charge in [0.05, 0.1) is 0 Å². The molecule has 2 rings (SSSR count). The summed E-state index contributed by atoms with van der Waals surface area (Å²) in [5.41, 5.74) is 1.39. The van der Waals surface area contributed by atoms with Crippen molar-refractivity contribution in [1.82, 2.24) is 14.8 Å². The molecular formula is C11H15N3O. The summed E-state index contributed by atoms with van der Waals surface area (Å²) in [6.07, 6.45) is 5.76. The van der Waals surface area contributed by atoms with Gasteiger partial charge in [-0.05, 0) is 17.9 Å². The van der Waals surface area contributed by atoms with E-state index in [4.69, 9.17) is 4.42 Å². The summed E-state index contributed by atoms with van der Waals surface area (Å²) < 4.78 is 6.77. The van der Waals surface area contributed by atoms with Gasteiger partial charge >= 0.3 is 0 Å². The Labute approximate surface area is 88.9 Å². The fraction of sp³-hybridized carbons (Fsp3) is 0.455. The molecule has 0 aliphatic heterocycles. The summed E-state index contributed by atoms with van der Waals surface area (Å²) in [4.78, 5) is 4.08. The fourth-order valence-electron chi connectivity index (χ4n) is 1.53. The second-order valence-corrected chi connectivity index (χ2v) is 4.82. The maximum absolute atomic E-state index is 4.95. The normalized spacial score (nSPS) is 11.9. The topological polar surface area (TPSA) is 43.9 Å². The largest absolute Gasteiger partial charge is 0.449 e. The average molecular weight is 205 g/mol. The van der Waals surface area contributed by atoms with Gasteiger partial charge in [-0.15, -0.1) is 0 Å². The highest BCUT2D eigenvalue weighted by molar-refractivity contribution is 5.20. The summed E-state index contributed by atoms with van der Waals surface area (Å²) >= 11 is 0. The Morgan fingerprint density at radius 2 is 2.20 bits per heavy atom. The maximum Gasteiger partial charge on any atom is 0.192 e. The lowest BCUT2D eigenvalue weighted by Gasteiger charge is -2.17. The van der Waals surface area contributed by atoms with Crippen LogP contribution < -0.4 is 0 Å². The third kappa shape index (κ3) is 2.26. The minimum absolute atomic E-state index is 0.238. The van der Waals surface area contributed by atoms with Gasteiger partial charge in [0.15, 0.2) is 12.2 Å². The lowest BCUT2D eigenvalue weighted by Crippen LogP contribution is -2.13. The summed E-state index contributed by atoms with van der Waals surface area (Å²) in [6, 6.07) is 2.01. The molecule has 0 spiro atoms. The van der Waals surface area contributed by atoms with Crippen LogP contribution in [0.5, 0.6) is 0 Å². The molecule has 15 heavy (non-hydrogen) atoms. The number of rotatable bonds is 2. The molecular weight excluding hydrogens is 190 g/mol. The van der Waals surface area contributed by atoms with Crippen molar-refractivity contribution in [3.8, 4) is 5.82 Å². The Kier molecular flexibility index (Phi) is 2.34. The first kappa shape index (κ1) is 9.96. The average Bonchev–Trinajstić information content (AvgIpc) is 2.68. The van der Waals surface area contributed by atoms with Crippen LogP contribution in [0.3, 0.4) is 0 Å². The van der Waals surface area contributed by atoms with Crippen molar-refractivity contribution in [2.45, 2.75) is 27.2 Å². The van der Waals surface area contributed by atoms with E-state index in [1.54, 1.807) is 12.5 Å². The van der Waals surface area contributed by atoms with Crippen molar-refractivity contribution in [2.24, 2.45) is 5.41 Å². The lowest BCUT2D eigenvalue weighted by atomic mass is 9.90. The van der Waals surface area contributed by atoms with E-state index >= 15 is 0 Å². The number of aromatic nitrogens is 3. The van der Waals surface area contributed by atoms with E-state index in [-0.39, 0.29) is 5.41 Å². The molecule has 0 aliphatic rings. The smallest absolute Gasteiger partial charge is 0.192 e. The van der Waals surface area contributed by atoms with E-state index in [9.17, 15) is 0 Å². The molecule has 4 nitrogen and oxygen atoms in total. The molecule has 0 atom stereocenters. The Hall–Kier alpha value is -1.58. The van der Waals surface area contributed by atoms with Crippen molar-refractivity contribution in [3.05, 3.63) is 30.6 Å². The highest BCUT2D eigenvalue weighted by atomic mass is 16.3. The first-order chi connectivity index (χ1) is 7.06. The molecule has 0 aromatic carbocycles. The van der Waals surface area contributed by atoms with Crippen molar-refractivity contribution in [2.75, 3.05) is 0 Å². The third-order valence-corrected chi connectivity index (χ3v) is 2.07. The number of hydrogen-bond donors (Lipinski definition) is 0. The van der Waals surface area contributed by atoms with Crippen molar-refractivity contribution < 1.29 is 4.42 Å². The van der Waals surface area contributed by atoms with Crippen LogP contribution >= 0.6 is 0 Å². The van der Waals surface area contributed by atoms with Gasteiger partial charge < -0.3 is 4.42 Å². The third-order valence-electron chi connectivity index (χ3n) is 2.07. The van der Waals surface area contributed by atoms with Crippen LogP contribution in [0, 0.1) is 5.41 Å². The van der Waals surface area contributed by atoms with Crippen LogP contribution in [0.1, 0.15) is 26.5 Å². The van der Waals surface area contributed by atoms with Crippen LogP contribution in [0.4, 0.5) is 0 Å². The molecule has 4 heteroatoms. The van der Waals surface area contributed by atoms with Crippen LogP contribution in [-0.2, 0) is 6.42 Å². The highest BCUT2D eigenvalue weighted by Crippen LogP contribution is 2.21. The van der Waals surface area contributed by atoms with E-state index in [1.165, 1.54) is 6.39 Å². The minimum Gasteiger partial charge on any atom is -0.449 e. The molecule has 0 N–H and O–H groups in total. The molecule has 80 valence electrons. The highest BCUT2D eigenvalue weighted by Gasteiger charge is 2.15. The lowest BCUT2D eigenvalue weighted by molar-refractivity contribution is 0.401. The summed E-state index contributed by atoms with van der Waals surface area (Å²) in [5.74, 6) is 0.735. The Morgan fingerprint density at radius 3 is 2.80 bits per heavy atom. The molecule has 0 unspecified atom stereocenters. The van der Waals surface area contributed by atoms with Crippen LogP contribution in [0.2, 0.25) is 0 Å². The van der Waals surface area contributed by atoms with Gasteiger partial charge in [0.2, 0.25) is 0 Å². The van der Waals surface area contributed by atoms with E-state index in [0.29, 0.717) is 0 Å². The summed E-state index contributed by atoms with van der Waals surface area (Å²) in [7, 11) is 0. The van der Waals surface area contributed by atoms with Crippen molar-refractivity contribution >= 4 is 0 Å². The van der Waals surface area contributed by atoms with Gasteiger partial charge in [0.25, 0.3) is 0 Å². The van der Waals surface area contributed by atoms with Crippen LogP contribution in [-0.4, -0.2) is 14.8 Å². The number of oxazole rings is 1. The van der Waals surface area contributed by atoms with Gasteiger partial charge in [0, 0.05) is 11.9 Å². The predicted molar refractivity (Wildman–Crippen MR) is 56.8 cm³/mol. The van der Waals surface area contributed by atoms with Crippen molar-refractivity contribution in [1.29, 1.82) is 0 Å². The predicted octanol–water partition coefficient (Wildman–Crippen LogP) is 2.45. The first-order valence-electron chi connectivity index (χ1n) is 4.98. The quantitative estimate of drug-likeness (QED) is 0.756. The molecule has 2 heterocycles. The standard InChI is InChI=1S/C11H15N3O/c1-11(2,3)6-9-4-5-13-14(9)10-7-15-8-12-10/h4-5,7-8H,6H2,1-3H3. The fourth-order valence-corrected chi connectivity index (χ4v) is 1.53.